The molecule has 0 aliphatic carbocycles. The van der Waals surface area contributed by atoms with E-state index >= 15 is 0 Å². The van der Waals surface area contributed by atoms with Crippen molar-refractivity contribution in [2.24, 2.45) is 0 Å². The smallest absolute Gasteiger partial charge is 0.373 e. The van der Waals surface area contributed by atoms with Gasteiger partial charge >= 0.3 is 5.97 Å². The van der Waals surface area contributed by atoms with Crippen LogP contribution in [-0.2, 0) is 16.0 Å². The van der Waals surface area contributed by atoms with Crippen LogP contribution in [0.2, 0.25) is 0 Å². The molecule has 0 radical (unpaired) electrons. The Morgan fingerprint density at radius 2 is 1.79 bits per heavy atom. The molecule has 0 saturated carbocycles. The van der Waals surface area contributed by atoms with Crippen molar-refractivity contribution in [2.45, 2.75) is 20.3 Å². The van der Waals surface area contributed by atoms with E-state index in [0.717, 1.165) is 7.11 Å². The second-order valence-electron chi connectivity index (χ2n) is 6.13. The van der Waals surface area contributed by atoms with Gasteiger partial charge in [0.2, 0.25) is 11.5 Å². The first-order chi connectivity index (χ1) is 13.8. The van der Waals surface area contributed by atoms with E-state index in [2.05, 4.69) is 4.74 Å². The van der Waals surface area contributed by atoms with Crippen molar-refractivity contribution in [1.29, 1.82) is 0 Å². The molecule has 7 nitrogen and oxygen atoms in total. The standard InChI is InChI=1S/C21H22FNO6/c1-4-23(5-2)20(26)18-11-14(10-13-6-8-15(22)9-7-13)19(29-18)16(24)12-17(25)21(27)28-3/h6-9,11-12,25H,4-5,10H2,1-3H3/b17-12-. The van der Waals surface area contributed by atoms with Crippen molar-refractivity contribution in [3.8, 4) is 0 Å². The van der Waals surface area contributed by atoms with E-state index < -0.39 is 29.2 Å². The number of ketones is 1. The Hall–Kier alpha value is -3.42. The molecule has 2 aromatic rings. The molecule has 0 unspecified atom stereocenters. The first-order valence-electron chi connectivity index (χ1n) is 9.00. The molecular weight excluding hydrogens is 381 g/mol. The Balaban J connectivity index is 2.45. The van der Waals surface area contributed by atoms with Gasteiger partial charge in [0, 0.05) is 31.1 Å². The summed E-state index contributed by atoms with van der Waals surface area (Å²) >= 11 is 0. The predicted octanol–water partition coefficient (Wildman–Crippen LogP) is 3.29. The molecular formula is C21H22FNO6. The fraction of sp³-hybridized carbons (Fsp3) is 0.286. The van der Waals surface area contributed by atoms with E-state index in [1.807, 2.05) is 13.8 Å². The Morgan fingerprint density at radius 3 is 2.34 bits per heavy atom. The number of halogens is 1. The number of amides is 1. The fourth-order valence-electron chi connectivity index (χ4n) is 2.72. The highest BCUT2D eigenvalue weighted by Crippen LogP contribution is 2.22. The van der Waals surface area contributed by atoms with Gasteiger partial charge in [-0.2, -0.15) is 0 Å². The number of allylic oxidation sites excluding steroid dienone is 1. The number of carbonyl (C=O) groups is 3. The highest BCUT2D eigenvalue weighted by Gasteiger charge is 2.24. The lowest BCUT2D eigenvalue weighted by atomic mass is 10.0. The van der Waals surface area contributed by atoms with Crippen molar-refractivity contribution >= 4 is 17.7 Å². The number of carbonyl (C=O) groups excluding carboxylic acids is 3. The van der Waals surface area contributed by atoms with Crippen LogP contribution in [0.4, 0.5) is 4.39 Å². The number of benzene rings is 1. The Morgan fingerprint density at radius 1 is 1.17 bits per heavy atom. The van der Waals surface area contributed by atoms with Gasteiger partial charge in [-0.25, -0.2) is 9.18 Å². The maximum absolute atomic E-state index is 13.2. The number of furan rings is 1. The number of methoxy groups -OCH3 is 1. The van der Waals surface area contributed by atoms with Crippen LogP contribution in [-0.4, -0.2) is 47.9 Å². The number of hydrogen-bond donors (Lipinski definition) is 1. The summed E-state index contributed by atoms with van der Waals surface area (Å²) in [6.45, 7) is 4.53. The zero-order valence-electron chi connectivity index (χ0n) is 16.4. The molecule has 0 saturated heterocycles. The van der Waals surface area contributed by atoms with Crippen LogP contribution in [0.1, 0.15) is 46.1 Å². The van der Waals surface area contributed by atoms with E-state index in [9.17, 15) is 23.9 Å². The predicted molar refractivity (Wildman–Crippen MR) is 102 cm³/mol. The second-order valence-corrected chi connectivity index (χ2v) is 6.13. The summed E-state index contributed by atoms with van der Waals surface area (Å²) in [6, 6.07) is 7.10. The second kappa shape index (κ2) is 9.68. The van der Waals surface area contributed by atoms with E-state index in [0.29, 0.717) is 30.3 Å². The molecule has 0 aliphatic heterocycles. The van der Waals surface area contributed by atoms with Crippen molar-refractivity contribution in [1.82, 2.24) is 4.90 Å². The topological polar surface area (TPSA) is 97.1 Å². The van der Waals surface area contributed by atoms with E-state index in [-0.39, 0.29) is 17.9 Å². The molecule has 1 amide bonds. The molecule has 0 bridgehead atoms. The Bertz CT molecular complexity index is 925. The highest BCUT2D eigenvalue weighted by atomic mass is 19.1. The third-order valence-corrected chi connectivity index (χ3v) is 4.26. The van der Waals surface area contributed by atoms with Crippen LogP contribution in [0, 0.1) is 5.82 Å². The molecule has 0 fully saturated rings. The average molecular weight is 403 g/mol. The molecule has 1 heterocycles. The van der Waals surface area contributed by atoms with Gasteiger partial charge in [-0.15, -0.1) is 0 Å². The van der Waals surface area contributed by atoms with Crippen LogP contribution < -0.4 is 0 Å². The summed E-state index contributed by atoms with van der Waals surface area (Å²) in [7, 11) is 1.06. The first kappa shape index (κ1) is 21.9. The lowest BCUT2D eigenvalue weighted by Gasteiger charge is -2.16. The van der Waals surface area contributed by atoms with Crippen LogP contribution in [0.3, 0.4) is 0 Å². The lowest BCUT2D eigenvalue weighted by molar-refractivity contribution is -0.139. The summed E-state index contributed by atoms with van der Waals surface area (Å²) in [5, 5.41) is 9.65. The third kappa shape index (κ3) is 5.31. The average Bonchev–Trinajstić information content (AvgIpc) is 3.13. The van der Waals surface area contributed by atoms with Crippen LogP contribution in [0.25, 0.3) is 0 Å². The maximum atomic E-state index is 13.2. The van der Waals surface area contributed by atoms with E-state index in [1.54, 1.807) is 12.1 Å². The van der Waals surface area contributed by atoms with Crippen molar-refractivity contribution < 1.29 is 33.0 Å². The number of aliphatic hydroxyl groups is 1. The molecule has 1 aromatic heterocycles. The number of hydrogen-bond acceptors (Lipinski definition) is 6. The normalized spacial score (nSPS) is 11.2. The summed E-state index contributed by atoms with van der Waals surface area (Å²) in [5.41, 5.74) is 1.05. The van der Waals surface area contributed by atoms with Gasteiger partial charge in [0.05, 0.1) is 7.11 Å². The zero-order valence-corrected chi connectivity index (χ0v) is 16.4. The largest absolute Gasteiger partial charge is 0.502 e. The maximum Gasteiger partial charge on any atom is 0.373 e. The molecule has 29 heavy (non-hydrogen) atoms. The summed E-state index contributed by atoms with van der Waals surface area (Å²) in [6.07, 6.45) is 0.855. The van der Waals surface area contributed by atoms with Gasteiger partial charge in [-0.1, -0.05) is 12.1 Å². The van der Waals surface area contributed by atoms with E-state index in [1.165, 1.54) is 23.1 Å². The molecule has 154 valence electrons. The quantitative estimate of drug-likeness (QED) is 0.314. The summed E-state index contributed by atoms with van der Waals surface area (Å²) in [5.74, 6) is -3.80. The zero-order chi connectivity index (χ0) is 21.6. The van der Waals surface area contributed by atoms with Crippen LogP contribution in [0.5, 0.6) is 0 Å². The number of aliphatic hydroxyl groups excluding tert-OH is 1. The van der Waals surface area contributed by atoms with Gasteiger partial charge in [0.1, 0.15) is 5.82 Å². The van der Waals surface area contributed by atoms with Gasteiger partial charge in [0.25, 0.3) is 5.91 Å². The minimum absolute atomic E-state index is 0.0416. The lowest BCUT2D eigenvalue weighted by Crippen LogP contribution is -2.30. The number of esters is 1. The van der Waals surface area contributed by atoms with Crippen LogP contribution in [0.15, 0.2) is 46.6 Å². The molecule has 1 aromatic carbocycles. The third-order valence-electron chi connectivity index (χ3n) is 4.26. The molecule has 0 atom stereocenters. The molecule has 1 N–H and O–H groups in total. The summed E-state index contributed by atoms with van der Waals surface area (Å²) in [4.78, 5) is 38.0. The van der Waals surface area contributed by atoms with Gasteiger partial charge in [0.15, 0.2) is 11.5 Å². The van der Waals surface area contributed by atoms with Crippen LogP contribution >= 0.6 is 0 Å². The molecule has 8 heteroatoms. The number of rotatable bonds is 8. The molecule has 0 spiro atoms. The van der Waals surface area contributed by atoms with Gasteiger partial charge < -0.3 is 19.2 Å². The first-order valence-corrected chi connectivity index (χ1v) is 9.00. The van der Waals surface area contributed by atoms with E-state index in [4.69, 9.17) is 4.42 Å². The number of nitrogens with zero attached hydrogens (tertiary/aromatic N) is 1. The monoisotopic (exact) mass is 403 g/mol. The Labute approximate surface area is 167 Å². The fourth-order valence-corrected chi connectivity index (χ4v) is 2.72. The van der Waals surface area contributed by atoms with Gasteiger partial charge in [-0.05, 0) is 37.6 Å². The van der Waals surface area contributed by atoms with Crippen molar-refractivity contribution in [3.63, 3.8) is 0 Å². The molecule has 2 rings (SSSR count). The highest BCUT2D eigenvalue weighted by molar-refractivity contribution is 6.08. The van der Waals surface area contributed by atoms with Gasteiger partial charge in [-0.3, -0.25) is 9.59 Å². The minimum atomic E-state index is -1.08. The summed E-state index contributed by atoms with van der Waals surface area (Å²) < 4.78 is 23.0. The minimum Gasteiger partial charge on any atom is -0.502 e. The van der Waals surface area contributed by atoms with Crippen molar-refractivity contribution in [2.75, 3.05) is 20.2 Å². The molecule has 0 aliphatic rings. The SMILES string of the molecule is CCN(CC)C(=O)c1cc(Cc2ccc(F)cc2)c(C(=O)/C=C(\O)C(=O)OC)o1. The number of ether oxygens (including phenoxy) is 1. The van der Waals surface area contributed by atoms with Crippen molar-refractivity contribution in [3.05, 3.63) is 70.6 Å². The Kier molecular flexibility index (Phi) is 7.30.